The van der Waals surface area contributed by atoms with Gasteiger partial charge in [-0.1, -0.05) is 0 Å². The van der Waals surface area contributed by atoms with Crippen LogP contribution in [0.3, 0.4) is 0 Å². The molecular weight excluding hydrogens is 208 g/mol. The van der Waals surface area contributed by atoms with Crippen LogP contribution in [0.4, 0.5) is 0 Å². The Morgan fingerprint density at radius 3 is 2.94 bits per heavy atom. The Morgan fingerprint density at radius 1 is 1.62 bits per heavy atom. The van der Waals surface area contributed by atoms with Gasteiger partial charge in [-0.25, -0.2) is 10.8 Å². The van der Waals surface area contributed by atoms with Gasteiger partial charge < -0.3 is 14.8 Å². The summed E-state index contributed by atoms with van der Waals surface area (Å²) in [6.45, 7) is 1.92. The van der Waals surface area contributed by atoms with Crippen molar-refractivity contribution in [1.82, 2.24) is 10.7 Å². The normalized spacial score (nSPS) is 30.5. The number of aliphatic imine (C=N–C) groups is 1. The quantitative estimate of drug-likeness (QED) is 0.258. The minimum absolute atomic E-state index is 0.271. The number of methoxy groups -OCH3 is 1. The Kier molecular flexibility index (Phi) is 3.63. The molecule has 0 radical (unpaired) electrons. The van der Waals surface area contributed by atoms with Crippen LogP contribution >= 0.6 is 0 Å². The van der Waals surface area contributed by atoms with E-state index in [1.54, 1.807) is 7.11 Å². The fraction of sp³-hybridized carbons (Fsp3) is 0.900. The van der Waals surface area contributed by atoms with Gasteiger partial charge in [0.25, 0.3) is 0 Å². The molecule has 2 fully saturated rings. The van der Waals surface area contributed by atoms with Crippen molar-refractivity contribution >= 4 is 5.96 Å². The summed E-state index contributed by atoms with van der Waals surface area (Å²) in [4.78, 5) is 4.41. The van der Waals surface area contributed by atoms with Crippen LogP contribution < -0.4 is 16.6 Å². The molecule has 1 heterocycles. The van der Waals surface area contributed by atoms with E-state index < -0.39 is 0 Å². The molecule has 1 saturated carbocycles. The van der Waals surface area contributed by atoms with Crippen LogP contribution in [0.1, 0.15) is 19.3 Å². The molecule has 1 aliphatic carbocycles. The van der Waals surface area contributed by atoms with Crippen molar-refractivity contribution in [2.45, 2.75) is 30.9 Å². The molecule has 0 aromatic rings. The summed E-state index contributed by atoms with van der Waals surface area (Å²) < 4.78 is 10.8. The molecule has 6 heteroatoms. The molecule has 6 nitrogen and oxygen atoms in total. The summed E-state index contributed by atoms with van der Waals surface area (Å²) in [6, 6.07) is 0.535. The third-order valence-corrected chi connectivity index (χ3v) is 3.08. The van der Waals surface area contributed by atoms with Gasteiger partial charge in [0.05, 0.1) is 13.2 Å². The lowest BCUT2D eigenvalue weighted by molar-refractivity contribution is -0.00909. The van der Waals surface area contributed by atoms with Crippen molar-refractivity contribution in [3.63, 3.8) is 0 Å². The van der Waals surface area contributed by atoms with Gasteiger partial charge in [0, 0.05) is 26.2 Å². The number of nitrogens with two attached hydrogens (primary N) is 1. The lowest BCUT2D eigenvalue weighted by Gasteiger charge is -2.23. The molecule has 1 saturated heterocycles. The lowest BCUT2D eigenvalue weighted by atomic mass is 10.0. The Morgan fingerprint density at radius 2 is 2.44 bits per heavy atom. The molecular formula is C10H20N4O2. The summed E-state index contributed by atoms with van der Waals surface area (Å²) in [5.41, 5.74) is 2.31. The average Bonchev–Trinajstić information content (AvgIpc) is 3.01. The number of hydrogen-bond donors (Lipinski definition) is 3. The highest BCUT2D eigenvalue weighted by atomic mass is 16.5. The second-order valence-corrected chi connectivity index (χ2v) is 4.42. The minimum Gasteiger partial charge on any atom is -0.378 e. The zero-order valence-electron chi connectivity index (χ0n) is 9.66. The zero-order valence-corrected chi connectivity index (χ0v) is 9.66. The Hall–Kier alpha value is -0.850. The van der Waals surface area contributed by atoms with Gasteiger partial charge in [-0.3, -0.25) is 5.43 Å². The van der Waals surface area contributed by atoms with E-state index >= 15 is 0 Å². The minimum atomic E-state index is -0.271. The highest BCUT2D eigenvalue weighted by molar-refractivity contribution is 5.79. The Balaban J connectivity index is 1.88. The van der Waals surface area contributed by atoms with E-state index in [0.717, 1.165) is 13.0 Å². The van der Waals surface area contributed by atoms with Crippen molar-refractivity contribution in [3.05, 3.63) is 0 Å². The Bertz CT molecular complexity index is 260. The van der Waals surface area contributed by atoms with E-state index in [2.05, 4.69) is 15.7 Å². The number of ether oxygens (including phenoxy) is 2. The van der Waals surface area contributed by atoms with Crippen molar-refractivity contribution in [2.75, 3.05) is 26.9 Å². The van der Waals surface area contributed by atoms with Crippen molar-refractivity contribution in [3.8, 4) is 0 Å². The second-order valence-electron chi connectivity index (χ2n) is 4.42. The van der Waals surface area contributed by atoms with E-state index in [-0.39, 0.29) is 5.60 Å². The van der Waals surface area contributed by atoms with Crippen molar-refractivity contribution in [2.24, 2.45) is 10.8 Å². The first-order chi connectivity index (χ1) is 7.78. The highest BCUT2D eigenvalue weighted by Crippen LogP contribution is 2.23. The van der Waals surface area contributed by atoms with Crippen LogP contribution in [0.5, 0.6) is 0 Å². The SMILES string of the molecule is COC1(CN=C(NN)NC2CC2)CCOC1. The molecule has 16 heavy (non-hydrogen) atoms. The molecule has 0 spiro atoms. The van der Waals surface area contributed by atoms with Crippen LogP contribution in [-0.2, 0) is 9.47 Å². The maximum Gasteiger partial charge on any atom is 0.206 e. The number of guanidine groups is 1. The molecule has 0 aromatic heterocycles. The van der Waals surface area contributed by atoms with Gasteiger partial charge in [-0.05, 0) is 12.8 Å². The molecule has 1 atom stereocenters. The Labute approximate surface area is 95.5 Å². The van der Waals surface area contributed by atoms with Crippen molar-refractivity contribution in [1.29, 1.82) is 0 Å². The third-order valence-electron chi connectivity index (χ3n) is 3.08. The maximum atomic E-state index is 5.49. The van der Waals surface area contributed by atoms with Crippen LogP contribution in [0.25, 0.3) is 0 Å². The van der Waals surface area contributed by atoms with Gasteiger partial charge in [0.2, 0.25) is 5.96 Å². The van der Waals surface area contributed by atoms with Gasteiger partial charge >= 0.3 is 0 Å². The molecule has 92 valence electrons. The zero-order chi connectivity index (χ0) is 11.4. The average molecular weight is 228 g/mol. The molecule has 0 amide bonds. The summed E-state index contributed by atoms with van der Waals surface area (Å²) in [5, 5.41) is 3.22. The van der Waals surface area contributed by atoms with E-state index in [4.69, 9.17) is 15.3 Å². The summed E-state index contributed by atoms with van der Waals surface area (Å²) in [7, 11) is 1.70. The van der Waals surface area contributed by atoms with E-state index in [1.165, 1.54) is 12.8 Å². The molecule has 0 bridgehead atoms. The van der Waals surface area contributed by atoms with Gasteiger partial charge in [0.15, 0.2) is 0 Å². The molecule has 2 aliphatic rings. The highest BCUT2D eigenvalue weighted by Gasteiger charge is 2.35. The first-order valence-electron chi connectivity index (χ1n) is 5.68. The number of nitrogens with one attached hydrogen (secondary N) is 2. The molecule has 0 aromatic carbocycles. The number of nitrogens with zero attached hydrogens (tertiary/aromatic N) is 1. The van der Waals surface area contributed by atoms with Crippen molar-refractivity contribution < 1.29 is 9.47 Å². The largest absolute Gasteiger partial charge is 0.378 e. The summed E-state index contributed by atoms with van der Waals surface area (Å²) >= 11 is 0. The molecule has 4 N–H and O–H groups in total. The topological polar surface area (TPSA) is 80.9 Å². The predicted octanol–water partition coefficient (Wildman–Crippen LogP) is -0.637. The van der Waals surface area contributed by atoms with E-state index in [1.807, 2.05) is 0 Å². The smallest absolute Gasteiger partial charge is 0.206 e. The van der Waals surface area contributed by atoms with E-state index in [0.29, 0.717) is 25.2 Å². The number of hydrogen-bond acceptors (Lipinski definition) is 4. The fourth-order valence-electron chi connectivity index (χ4n) is 1.72. The second kappa shape index (κ2) is 4.99. The van der Waals surface area contributed by atoms with Crippen LogP contribution in [0.2, 0.25) is 0 Å². The monoisotopic (exact) mass is 228 g/mol. The van der Waals surface area contributed by atoms with Crippen LogP contribution in [-0.4, -0.2) is 44.5 Å². The predicted molar refractivity (Wildman–Crippen MR) is 61.0 cm³/mol. The first-order valence-corrected chi connectivity index (χ1v) is 5.68. The maximum absolute atomic E-state index is 5.49. The fourth-order valence-corrected chi connectivity index (χ4v) is 1.72. The summed E-state index contributed by atoms with van der Waals surface area (Å²) in [5.74, 6) is 6.05. The van der Waals surface area contributed by atoms with E-state index in [9.17, 15) is 0 Å². The third kappa shape index (κ3) is 2.84. The molecule has 2 rings (SSSR count). The summed E-state index contributed by atoms with van der Waals surface area (Å²) in [6.07, 6.45) is 3.27. The van der Waals surface area contributed by atoms with Crippen LogP contribution in [0.15, 0.2) is 4.99 Å². The van der Waals surface area contributed by atoms with Crippen LogP contribution in [0, 0.1) is 0 Å². The standard InChI is InChI=1S/C10H20N4O2/c1-15-10(4-5-16-7-10)6-12-9(14-11)13-8-2-3-8/h8H,2-7,11H2,1H3,(H2,12,13,14). The molecule has 1 unspecified atom stereocenters. The lowest BCUT2D eigenvalue weighted by Crippen LogP contribution is -2.44. The van der Waals surface area contributed by atoms with Gasteiger partial charge in [-0.2, -0.15) is 0 Å². The van der Waals surface area contributed by atoms with Gasteiger partial charge in [-0.15, -0.1) is 0 Å². The molecule has 1 aliphatic heterocycles. The number of rotatable bonds is 4. The van der Waals surface area contributed by atoms with Gasteiger partial charge in [0.1, 0.15) is 5.60 Å². The first kappa shape index (κ1) is 11.6. The number of hydrazine groups is 1.